The van der Waals surface area contributed by atoms with Crippen LogP contribution in [0.1, 0.15) is 45.5 Å². The zero-order valence-corrected chi connectivity index (χ0v) is 29.7. The summed E-state index contributed by atoms with van der Waals surface area (Å²) >= 11 is 0. The second-order valence-corrected chi connectivity index (χ2v) is 12.6. The van der Waals surface area contributed by atoms with Crippen LogP contribution < -0.4 is 15.4 Å². The van der Waals surface area contributed by atoms with E-state index in [2.05, 4.69) is 25.6 Å². The Morgan fingerprint density at radius 2 is 1.37 bits per heavy atom. The molecule has 0 saturated heterocycles. The summed E-state index contributed by atoms with van der Waals surface area (Å²) in [5, 5.41) is 5.77. The van der Waals surface area contributed by atoms with E-state index in [1.54, 1.807) is 6.20 Å². The monoisotopic (exact) mass is 722 g/mol. The van der Waals surface area contributed by atoms with E-state index in [-0.39, 0.29) is 50.5 Å². The number of rotatable bonds is 17. The molecule has 6 rings (SSSR count). The number of benzene rings is 4. The summed E-state index contributed by atoms with van der Waals surface area (Å²) in [5.41, 5.74) is 4.97. The lowest BCUT2D eigenvalue weighted by Crippen LogP contribution is -2.45. The second-order valence-electron chi connectivity index (χ2n) is 12.6. The Morgan fingerprint density at radius 3 is 2.02 bits per heavy atom. The number of carbonyl (C=O) groups is 3. The molecule has 0 fully saturated rings. The number of ether oxygens (including phenoxy) is 2. The topological polar surface area (TPSA) is 139 Å². The predicted molar refractivity (Wildman–Crippen MR) is 204 cm³/mol. The average Bonchev–Trinajstić information content (AvgIpc) is 3.76. The molecule has 0 aliphatic heterocycles. The van der Waals surface area contributed by atoms with E-state index in [0.29, 0.717) is 18.1 Å². The highest BCUT2D eigenvalue weighted by Gasteiger charge is 2.30. The Bertz CT molecular complexity index is 1990. The van der Waals surface area contributed by atoms with Crippen molar-refractivity contribution in [2.45, 2.75) is 31.6 Å². The fraction of sp³-hybridized carbons (Fsp3) is 0.186. The normalized spacial score (nSPS) is 11.9. The number of amides is 3. The number of alkyl carbamates (subject to hydrolysis) is 1. The van der Waals surface area contributed by atoms with Crippen LogP contribution in [0.15, 0.2) is 152 Å². The number of nitrogens with zero attached hydrogens (tertiary/aromatic N) is 3. The maximum Gasteiger partial charge on any atom is 0.407 e. The molecule has 0 aliphatic carbocycles. The number of aromatic amines is 1. The number of H-pyrrole nitrogens is 1. The van der Waals surface area contributed by atoms with Gasteiger partial charge in [-0.1, -0.05) is 109 Å². The molecule has 2 aromatic heterocycles. The summed E-state index contributed by atoms with van der Waals surface area (Å²) < 4.78 is 11.4. The van der Waals surface area contributed by atoms with Crippen molar-refractivity contribution in [1.29, 1.82) is 0 Å². The van der Waals surface area contributed by atoms with Gasteiger partial charge < -0.3 is 30.0 Å². The number of nitrogens with one attached hydrogen (secondary N) is 3. The second kappa shape index (κ2) is 19.2. The fourth-order valence-electron chi connectivity index (χ4n) is 5.94. The van der Waals surface area contributed by atoms with Crippen molar-refractivity contribution in [2.24, 2.45) is 0 Å². The number of hydrogen-bond donors (Lipinski definition) is 3. The van der Waals surface area contributed by atoms with Crippen molar-refractivity contribution in [3.63, 3.8) is 0 Å². The summed E-state index contributed by atoms with van der Waals surface area (Å²) in [6.07, 6.45) is 4.06. The van der Waals surface area contributed by atoms with Gasteiger partial charge in [0.1, 0.15) is 19.0 Å². The summed E-state index contributed by atoms with van der Waals surface area (Å²) in [4.78, 5) is 54.1. The molecule has 11 nitrogen and oxygen atoms in total. The van der Waals surface area contributed by atoms with Crippen LogP contribution in [0.2, 0.25) is 0 Å². The van der Waals surface area contributed by atoms with Crippen molar-refractivity contribution in [1.82, 2.24) is 30.5 Å². The van der Waals surface area contributed by atoms with Crippen LogP contribution in [0.4, 0.5) is 4.79 Å². The molecule has 3 amide bonds. The Hall–Kier alpha value is -6.75. The van der Waals surface area contributed by atoms with Gasteiger partial charge in [0.15, 0.2) is 0 Å². The first-order valence-corrected chi connectivity index (χ1v) is 17.7. The first-order valence-electron chi connectivity index (χ1n) is 17.7. The molecule has 2 heterocycles. The van der Waals surface area contributed by atoms with Crippen LogP contribution in [0, 0.1) is 0 Å². The molecule has 274 valence electrons. The minimum Gasteiger partial charge on any atom is -0.489 e. The van der Waals surface area contributed by atoms with Gasteiger partial charge in [-0.2, -0.15) is 0 Å². The van der Waals surface area contributed by atoms with Gasteiger partial charge in [0.05, 0.1) is 18.8 Å². The van der Waals surface area contributed by atoms with Crippen LogP contribution >= 0.6 is 0 Å². The van der Waals surface area contributed by atoms with Gasteiger partial charge in [0, 0.05) is 49.3 Å². The maximum absolute atomic E-state index is 14.5. The molecule has 0 saturated carbocycles. The van der Waals surface area contributed by atoms with Gasteiger partial charge in [-0.15, -0.1) is 0 Å². The average molecular weight is 723 g/mol. The third kappa shape index (κ3) is 10.9. The number of imidazole rings is 1. The van der Waals surface area contributed by atoms with Gasteiger partial charge in [0.25, 0.3) is 0 Å². The summed E-state index contributed by atoms with van der Waals surface area (Å²) in [6, 6.07) is 42.2. The molecular formula is C43H42N6O5. The molecule has 2 atom stereocenters. The zero-order valence-electron chi connectivity index (χ0n) is 29.7. The molecule has 3 N–H and O–H groups in total. The van der Waals surface area contributed by atoms with Crippen molar-refractivity contribution < 1.29 is 23.9 Å². The van der Waals surface area contributed by atoms with Crippen LogP contribution in [0.25, 0.3) is 0 Å². The van der Waals surface area contributed by atoms with Crippen LogP contribution in [-0.2, 0) is 34.1 Å². The van der Waals surface area contributed by atoms with Gasteiger partial charge in [-0.3, -0.25) is 14.6 Å². The molecule has 54 heavy (non-hydrogen) atoms. The third-order valence-corrected chi connectivity index (χ3v) is 8.80. The van der Waals surface area contributed by atoms with E-state index in [9.17, 15) is 14.4 Å². The molecule has 11 heteroatoms. The molecule has 4 aromatic carbocycles. The Kier molecular flexibility index (Phi) is 13.2. The van der Waals surface area contributed by atoms with Crippen molar-refractivity contribution in [3.8, 4) is 5.75 Å². The summed E-state index contributed by atoms with van der Waals surface area (Å²) in [7, 11) is 0. The summed E-state index contributed by atoms with van der Waals surface area (Å²) in [6.45, 7) is 0.562. The molecule has 6 aromatic rings. The van der Waals surface area contributed by atoms with E-state index < -0.39 is 12.0 Å². The quantitative estimate of drug-likeness (QED) is 0.0995. The van der Waals surface area contributed by atoms with Gasteiger partial charge in [-0.25, -0.2) is 9.78 Å². The van der Waals surface area contributed by atoms with Crippen LogP contribution in [0.5, 0.6) is 5.75 Å². The van der Waals surface area contributed by atoms with Gasteiger partial charge in [-0.05, 0) is 46.5 Å². The van der Waals surface area contributed by atoms with E-state index in [4.69, 9.17) is 9.47 Å². The number of aromatic nitrogens is 3. The predicted octanol–water partition coefficient (Wildman–Crippen LogP) is 6.37. The van der Waals surface area contributed by atoms with Gasteiger partial charge in [0.2, 0.25) is 11.8 Å². The number of pyridine rings is 1. The first kappa shape index (κ1) is 37.0. The Balaban J connectivity index is 1.17. The highest BCUT2D eigenvalue weighted by Crippen LogP contribution is 2.23. The van der Waals surface area contributed by atoms with E-state index in [0.717, 1.165) is 27.9 Å². The molecular weight excluding hydrogens is 681 g/mol. The minimum absolute atomic E-state index is 0.0785. The standard InChI is InChI=1S/C43H42N6O5/c50-41(46-24-37(35-16-8-3-9-17-35)39-18-10-11-23-45-39)28-49(27-32-19-21-36(22-20-32)53-29-33-12-4-1-5-13-33)42(51)38(40-26-44-31-48-40)25-47-43(52)54-30-34-14-6-2-7-15-34/h1-23,26,31,37-38H,24-25,27-30H2,(H,44,48)(H,46,50)(H,47,52)/t37?,38-/m0/s1. The fourth-order valence-corrected chi connectivity index (χ4v) is 5.94. The van der Waals surface area contributed by atoms with Gasteiger partial charge >= 0.3 is 6.09 Å². The lowest BCUT2D eigenvalue weighted by atomic mass is 9.95. The maximum atomic E-state index is 14.5. The SMILES string of the molecule is O=C(CN(Cc1ccc(OCc2ccccc2)cc1)C(=O)[C@@H](CNC(=O)OCc1ccccc1)c1cnc[nH]1)NCC(c1ccccc1)c1ccccn1. The molecule has 1 unspecified atom stereocenters. The van der Waals surface area contributed by atoms with Crippen molar-refractivity contribution in [3.05, 3.63) is 186 Å². The molecule has 0 spiro atoms. The lowest BCUT2D eigenvalue weighted by Gasteiger charge is -2.27. The Morgan fingerprint density at radius 1 is 0.704 bits per heavy atom. The van der Waals surface area contributed by atoms with E-state index in [1.807, 2.05) is 133 Å². The largest absolute Gasteiger partial charge is 0.489 e. The number of hydrogen-bond acceptors (Lipinski definition) is 7. The van der Waals surface area contributed by atoms with Crippen LogP contribution in [0.3, 0.4) is 0 Å². The summed E-state index contributed by atoms with van der Waals surface area (Å²) in [5.74, 6) is -1.14. The van der Waals surface area contributed by atoms with Crippen LogP contribution in [-0.4, -0.2) is 57.4 Å². The molecule has 0 radical (unpaired) electrons. The number of carbonyl (C=O) groups excluding carboxylic acids is 3. The molecule has 0 bridgehead atoms. The zero-order chi connectivity index (χ0) is 37.4. The lowest BCUT2D eigenvalue weighted by molar-refractivity contribution is -0.138. The van der Waals surface area contributed by atoms with Crippen molar-refractivity contribution >= 4 is 17.9 Å². The Labute approximate surface area is 314 Å². The minimum atomic E-state index is -0.886. The van der Waals surface area contributed by atoms with Crippen molar-refractivity contribution in [2.75, 3.05) is 19.6 Å². The first-order chi connectivity index (χ1) is 26.5. The molecule has 0 aliphatic rings. The highest BCUT2D eigenvalue weighted by molar-refractivity contribution is 5.89. The third-order valence-electron chi connectivity index (χ3n) is 8.80. The smallest absolute Gasteiger partial charge is 0.407 e. The van der Waals surface area contributed by atoms with E-state index in [1.165, 1.54) is 17.4 Å². The highest BCUT2D eigenvalue weighted by atomic mass is 16.5. The van der Waals surface area contributed by atoms with E-state index >= 15 is 0 Å².